The first kappa shape index (κ1) is 12.9. The summed E-state index contributed by atoms with van der Waals surface area (Å²) in [6.07, 6.45) is 0.392. The second-order valence-electron chi connectivity index (χ2n) is 3.70. The van der Waals surface area contributed by atoms with E-state index in [1.54, 1.807) is 6.92 Å². The Kier molecular flexibility index (Phi) is 3.11. The minimum Gasteiger partial charge on any atom is -0.381 e. The first-order chi connectivity index (χ1) is 8.95. The Morgan fingerprint density at radius 3 is 2.68 bits per heavy atom. The molecule has 2 N–H and O–H groups in total. The summed E-state index contributed by atoms with van der Waals surface area (Å²) in [7, 11) is 0. The predicted molar refractivity (Wildman–Crippen MR) is 61.7 cm³/mol. The zero-order chi connectivity index (χ0) is 14.2. The van der Waals surface area contributed by atoms with Crippen LogP contribution in [0.4, 0.5) is 20.3 Å². The summed E-state index contributed by atoms with van der Waals surface area (Å²) in [6.45, 7) is 1.74. The molecule has 2 rings (SSSR count). The first-order valence-electron chi connectivity index (χ1n) is 5.29. The molecule has 9 heteroatoms. The number of nitro benzene ring substituents is 1. The summed E-state index contributed by atoms with van der Waals surface area (Å²) < 4.78 is 28.0. The van der Waals surface area contributed by atoms with Gasteiger partial charge in [-0.2, -0.15) is 4.39 Å². The number of aromatic nitrogens is 3. The average Bonchev–Trinajstić information content (AvgIpc) is 2.70. The van der Waals surface area contributed by atoms with Crippen LogP contribution < -0.4 is 5.73 Å². The maximum absolute atomic E-state index is 13.7. The molecule has 0 bridgehead atoms. The zero-order valence-corrected chi connectivity index (χ0v) is 9.80. The summed E-state index contributed by atoms with van der Waals surface area (Å²) in [6, 6.07) is 1.20. The maximum Gasteiger partial charge on any atom is 0.307 e. The van der Waals surface area contributed by atoms with Crippen molar-refractivity contribution in [2.45, 2.75) is 13.3 Å². The van der Waals surface area contributed by atoms with Gasteiger partial charge < -0.3 is 5.73 Å². The maximum atomic E-state index is 13.7. The summed E-state index contributed by atoms with van der Waals surface area (Å²) >= 11 is 0. The number of halogens is 2. The van der Waals surface area contributed by atoms with Crippen molar-refractivity contribution in [1.29, 1.82) is 0 Å². The van der Waals surface area contributed by atoms with Gasteiger partial charge in [-0.05, 0) is 6.42 Å². The van der Waals surface area contributed by atoms with Crippen molar-refractivity contribution in [3.05, 3.63) is 39.6 Å². The third kappa shape index (κ3) is 2.09. The van der Waals surface area contributed by atoms with Gasteiger partial charge in [-0.1, -0.05) is 12.1 Å². The van der Waals surface area contributed by atoms with E-state index in [-0.39, 0.29) is 11.5 Å². The summed E-state index contributed by atoms with van der Waals surface area (Å²) in [5.74, 6) is -2.14. The van der Waals surface area contributed by atoms with E-state index in [1.165, 1.54) is 0 Å². The van der Waals surface area contributed by atoms with Gasteiger partial charge in [0.25, 0.3) is 0 Å². The van der Waals surface area contributed by atoms with E-state index in [2.05, 4.69) is 10.3 Å². The fourth-order valence-electron chi connectivity index (χ4n) is 1.67. The first-order valence-corrected chi connectivity index (χ1v) is 5.29. The van der Waals surface area contributed by atoms with Crippen LogP contribution in [0.1, 0.15) is 12.6 Å². The van der Waals surface area contributed by atoms with E-state index < -0.39 is 22.2 Å². The second-order valence-corrected chi connectivity index (χ2v) is 3.70. The smallest absolute Gasteiger partial charge is 0.307 e. The van der Waals surface area contributed by atoms with E-state index in [0.29, 0.717) is 18.2 Å². The quantitative estimate of drug-likeness (QED) is 0.673. The van der Waals surface area contributed by atoms with Crippen LogP contribution >= 0.6 is 0 Å². The standard InChI is InChI=1S/C10H9F2N5O2/c1-2-7-10(13)14-15-16(7)8-4-9(17(18)19)6(12)3-5(8)11/h3-4H,2,13H2,1H3. The van der Waals surface area contributed by atoms with Gasteiger partial charge in [0.2, 0.25) is 5.82 Å². The number of rotatable bonds is 3. The highest BCUT2D eigenvalue weighted by molar-refractivity contribution is 5.48. The third-order valence-electron chi connectivity index (χ3n) is 2.57. The summed E-state index contributed by atoms with van der Waals surface area (Å²) in [4.78, 5) is 9.71. The molecule has 1 heterocycles. The number of hydrogen-bond donors (Lipinski definition) is 1. The minimum atomic E-state index is -1.25. The monoisotopic (exact) mass is 269 g/mol. The molecule has 1 aromatic heterocycles. The lowest BCUT2D eigenvalue weighted by Crippen LogP contribution is -2.07. The lowest BCUT2D eigenvalue weighted by molar-refractivity contribution is -0.387. The molecule has 0 aliphatic heterocycles. The Bertz CT molecular complexity index is 656. The van der Waals surface area contributed by atoms with Crippen LogP contribution in [0.15, 0.2) is 12.1 Å². The average molecular weight is 269 g/mol. The number of anilines is 1. The number of hydrogen-bond acceptors (Lipinski definition) is 5. The van der Waals surface area contributed by atoms with Crippen LogP contribution in [0.5, 0.6) is 0 Å². The molecule has 0 fully saturated rings. The highest BCUT2D eigenvalue weighted by Crippen LogP contribution is 2.25. The van der Waals surface area contributed by atoms with E-state index in [4.69, 9.17) is 5.73 Å². The Labute approximate surface area is 105 Å². The van der Waals surface area contributed by atoms with Crippen LogP contribution in [0.25, 0.3) is 5.69 Å². The fourth-order valence-corrected chi connectivity index (χ4v) is 1.67. The largest absolute Gasteiger partial charge is 0.381 e. The predicted octanol–water partition coefficient (Wildman–Crippen LogP) is 1.60. The Morgan fingerprint density at radius 1 is 1.42 bits per heavy atom. The van der Waals surface area contributed by atoms with Crippen molar-refractivity contribution in [3.8, 4) is 5.69 Å². The van der Waals surface area contributed by atoms with Crippen LogP contribution in [-0.2, 0) is 6.42 Å². The molecule has 0 unspecified atom stereocenters. The van der Waals surface area contributed by atoms with Crippen LogP contribution in [0.2, 0.25) is 0 Å². The topological polar surface area (TPSA) is 99.9 Å². The van der Waals surface area contributed by atoms with E-state index in [9.17, 15) is 18.9 Å². The zero-order valence-electron chi connectivity index (χ0n) is 9.80. The van der Waals surface area contributed by atoms with Gasteiger partial charge in [0.15, 0.2) is 11.6 Å². The van der Waals surface area contributed by atoms with E-state index in [1.807, 2.05) is 0 Å². The normalized spacial score (nSPS) is 10.7. The molecule has 0 saturated carbocycles. The highest BCUT2D eigenvalue weighted by Gasteiger charge is 2.22. The number of nitrogen functional groups attached to an aromatic ring is 1. The van der Waals surface area contributed by atoms with E-state index >= 15 is 0 Å². The molecular weight excluding hydrogens is 260 g/mol. The molecule has 0 amide bonds. The van der Waals surface area contributed by atoms with Gasteiger partial charge in [0, 0.05) is 12.1 Å². The van der Waals surface area contributed by atoms with Gasteiger partial charge in [0.05, 0.1) is 10.6 Å². The number of nitrogens with zero attached hydrogens (tertiary/aromatic N) is 4. The van der Waals surface area contributed by atoms with Crippen molar-refractivity contribution in [2.24, 2.45) is 0 Å². The second kappa shape index (κ2) is 4.59. The van der Waals surface area contributed by atoms with Gasteiger partial charge in [-0.3, -0.25) is 10.1 Å². The molecule has 19 heavy (non-hydrogen) atoms. The third-order valence-corrected chi connectivity index (χ3v) is 2.57. The lowest BCUT2D eigenvalue weighted by Gasteiger charge is -2.06. The lowest BCUT2D eigenvalue weighted by atomic mass is 10.2. The molecule has 0 saturated heterocycles. The van der Waals surface area contributed by atoms with Gasteiger partial charge in [0.1, 0.15) is 5.69 Å². The van der Waals surface area contributed by atoms with Crippen molar-refractivity contribution in [3.63, 3.8) is 0 Å². The SMILES string of the molecule is CCc1c(N)nnn1-c1cc([N+](=O)[O-])c(F)cc1F. The van der Waals surface area contributed by atoms with Crippen LogP contribution in [0, 0.1) is 21.7 Å². The summed E-state index contributed by atoms with van der Waals surface area (Å²) in [5, 5.41) is 17.8. The van der Waals surface area contributed by atoms with Gasteiger partial charge in [-0.25, -0.2) is 9.07 Å². The Morgan fingerprint density at radius 2 is 2.11 bits per heavy atom. The van der Waals surface area contributed by atoms with Crippen LogP contribution in [0.3, 0.4) is 0 Å². The molecule has 2 aromatic rings. The van der Waals surface area contributed by atoms with E-state index in [0.717, 1.165) is 10.7 Å². The Hall–Kier alpha value is -2.58. The number of benzene rings is 1. The van der Waals surface area contributed by atoms with Crippen molar-refractivity contribution < 1.29 is 13.7 Å². The molecule has 100 valence electrons. The highest BCUT2D eigenvalue weighted by atomic mass is 19.1. The summed E-state index contributed by atoms with van der Waals surface area (Å²) in [5.41, 5.74) is 4.82. The van der Waals surface area contributed by atoms with Gasteiger partial charge in [-0.15, -0.1) is 5.10 Å². The molecule has 0 aliphatic rings. The van der Waals surface area contributed by atoms with Gasteiger partial charge >= 0.3 is 5.69 Å². The molecule has 7 nitrogen and oxygen atoms in total. The van der Waals surface area contributed by atoms with Crippen molar-refractivity contribution >= 4 is 11.5 Å². The number of nitro groups is 1. The molecular formula is C10H9F2N5O2. The van der Waals surface area contributed by atoms with Crippen molar-refractivity contribution in [2.75, 3.05) is 5.73 Å². The van der Waals surface area contributed by atoms with Crippen molar-refractivity contribution in [1.82, 2.24) is 15.0 Å². The minimum absolute atomic E-state index is 0.0916. The number of nitrogens with two attached hydrogens (primary N) is 1. The molecule has 0 spiro atoms. The molecule has 0 atom stereocenters. The molecule has 0 radical (unpaired) electrons. The Balaban J connectivity index is 2.68. The van der Waals surface area contributed by atoms with Crippen LogP contribution in [-0.4, -0.2) is 19.9 Å². The molecule has 0 aliphatic carbocycles. The fraction of sp³-hybridized carbons (Fsp3) is 0.200. The molecule has 1 aromatic carbocycles.